The van der Waals surface area contributed by atoms with Crippen molar-refractivity contribution in [1.82, 2.24) is 0 Å². The molecule has 8 heteroatoms. The van der Waals surface area contributed by atoms with E-state index in [0.717, 1.165) is 12.1 Å². The number of carbonyl (C=O) groups excluding carboxylic acids is 1. The van der Waals surface area contributed by atoms with Gasteiger partial charge in [-0.1, -0.05) is 0 Å². The number of ether oxygens (including phenoxy) is 2. The monoisotopic (exact) mass is 292 g/mol. The first-order valence-corrected chi connectivity index (χ1v) is 5.72. The van der Waals surface area contributed by atoms with E-state index in [2.05, 4.69) is 10.1 Å². The quantitative estimate of drug-likeness (QED) is 0.839. The summed E-state index contributed by atoms with van der Waals surface area (Å²) in [5, 5.41) is 2.52. The minimum atomic E-state index is -4.74. The maximum Gasteiger partial charge on any atom is 0.573 e. The molecule has 0 saturated carbocycles. The number of halogens is 3. The average Bonchev–Trinajstić information content (AvgIpc) is 2.36. The standard InChI is InChI=1S/C12H15F3N2O3/c1-19-10(7-16)6-11(18)17-8-2-4-9(5-3-8)20-12(13,14)15/h2-5,10H,6-7,16H2,1H3,(H,17,18). The lowest BCUT2D eigenvalue weighted by Gasteiger charge is -2.13. The summed E-state index contributed by atoms with van der Waals surface area (Å²) in [6.07, 6.45) is -5.08. The predicted molar refractivity (Wildman–Crippen MR) is 66.2 cm³/mol. The van der Waals surface area contributed by atoms with Gasteiger partial charge in [-0.05, 0) is 24.3 Å². The van der Waals surface area contributed by atoms with E-state index in [1.165, 1.54) is 19.2 Å². The van der Waals surface area contributed by atoms with Crippen LogP contribution in [0.1, 0.15) is 6.42 Å². The number of methoxy groups -OCH3 is 1. The molecule has 0 radical (unpaired) electrons. The molecule has 20 heavy (non-hydrogen) atoms. The van der Waals surface area contributed by atoms with Crippen LogP contribution in [0.5, 0.6) is 5.75 Å². The third kappa shape index (κ3) is 5.89. The normalized spacial score (nSPS) is 12.8. The Kier molecular flexibility index (Phi) is 5.78. The Morgan fingerprint density at radius 1 is 1.35 bits per heavy atom. The Balaban J connectivity index is 2.55. The second-order valence-electron chi connectivity index (χ2n) is 3.92. The molecule has 0 aliphatic carbocycles. The minimum absolute atomic E-state index is 0.0633. The summed E-state index contributed by atoms with van der Waals surface area (Å²) in [7, 11) is 1.44. The van der Waals surface area contributed by atoms with Crippen LogP contribution >= 0.6 is 0 Å². The number of hydrogen-bond donors (Lipinski definition) is 2. The van der Waals surface area contributed by atoms with Gasteiger partial charge in [0.2, 0.25) is 5.91 Å². The van der Waals surface area contributed by atoms with Gasteiger partial charge in [-0.2, -0.15) is 0 Å². The molecule has 0 bridgehead atoms. The van der Waals surface area contributed by atoms with Crippen LogP contribution in [0.25, 0.3) is 0 Å². The van der Waals surface area contributed by atoms with Crippen molar-refractivity contribution in [3.8, 4) is 5.75 Å². The Morgan fingerprint density at radius 2 is 1.95 bits per heavy atom. The first-order chi connectivity index (χ1) is 9.34. The number of nitrogens with one attached hydrogen (secondary N) is 1. The lowest BCUT2D eigenvalue weighted by Crippen LogP contribution is -2.28. The van der Waals surface area contributed by atoms with Crippen LogP contribution in [0.15, 0.2) is 24.3 Å². The van der Waals surface area contributed by atoms with Crippen molar-refractivity contribution >= 4 is 11.6 Å². The third-order valence-electron chi connectivity index (χ3n) is 2.38. The third-order valence-corrected chi connectivity index (χ3v) is 2.38. The number of alkyl halides is 3. The molecule has 0 fully saturated rings. The number of anilines is 1. The predicted octanol–water partition coefficient (Wildman–Crippen LogP) is 1.89. The molecule has 1 aromatic rings. The smallest absolute Gasteiger partial charge is 0.406 e. The first kappa shape index (κ1) is 16.3. The summed E-state index contributed by atoms with van der Waals surface area (Å²) in [5.74, 6) is -0.695. The fourth-order valence-corrected chi connectivity index (χ4v) is 1.42. The maximum atomic E-state index is 12.0. The average molecular weight is 292 g/mol. The highest BCUT2D eigenvalue weighted by Crippen LogP contribution is 2.23. The minimum Gasteiger partial charge on any atom is -0.406 e. The Bertz CT molecular complexity index is 431. The van der Waals surface area contributed by atoms with Gasteiger partial charge in [0, 0.05) is 19.3 Å². The van der Waals surface area contributed by atoms with E-state index < -0.39 is 12.5 Å². The molecule has 1 rings (SSSR count). The molecule has 1 atom stereocenters. The zero-order valence-electron chi connectivity index (χ0n) is 10.7. The lowest BCUT2D eigenvalue weighted by molar-refractivity contribution is -0.274. The number of nitrogens with two attached hydrogens (primary N) is 1. The van der Waals surface area contributed by atoms with Crippen LogP contribution in [0, 0.1) is 0 Å². The summed E-state index contributed by atoms with van der Waals surface area (Å²) in [4.78, 5) is 11.6. The maximum absolute atomic E-state index is 12.0. The molecular formula is C12H15F3N2O3. The topological polar surface area (TPSA) is 73.6 Å². The van der Waals surface area contributed by atoms with Crippen molar-refractivity contribution in [2.24, 2.45) is 5.73 Å². The second-order valence-corrected chi connectivity index (χ2v) is 3.92. The highest BCUT2D eigenvalue weighted by atomic mass is 19.4. The highest BCUT2D eigenvalue weighted by molar-refractivity contribution is 5.91. The van der Waals surface area contributed by atoms with Gasteiger partial charge in [0.25, 0.3) is 0 Å². The van der Waals surface area contributed by atoms with Gasteiger partial charge in [-0.3, -0.25) is 4.79 Å². The molecule has 1 aromatic carbocycles. The molecule has 0 heterocycles. The van der Waals surface area contributed by atoms with Crippen molar-refractivity contribution in [1.29, 1.82) is 0 Å². The van der Waals surface area contributed by atoms with E-state index in [0.29, 0.717) is 5.69 Å². The largest absolute Gasteiger partial charge is 0.573 e. The second kappa shape index (κ2) is 7.11. The zero-order chi connectivity index (χ0) is 15.2. The first-order valence-electron chi connectivity index (χ1n) is 5.72. The lowest BCUT2D eigenvalue weighted by atomic mass is 10.2. The summed E-state index contributed by atoms with van der Waals surface area (Å²) in [5.41, 5.74) is 5.73. The number of amides is 1. The Labute approximate surface area is 113 Å². The van der Waals surface area contributed by atoms with Crippen molar-refractivity contribution in [2.45, 2.75) is 18.9 Å². The van der Waals surface area contributed by atoms with Crippen LogP contribution in [-0.2, 0) is 9.53 Å². The van der Waals surface area contributed by atoms with E-state index in [1.54, 1.807) is 0 Å². The van der Waals surface area contributed by atoms with E-state index in [1.807, 2.05) is 0 Å². The SMILES string of the molecule is COC(CN)CC(=O)Nc1ccc(OC(F)(F)F)cc1. The molecule has 112 valence electrons. The zero-order valence-corrected chi connectivity index (χ0v) is 10.7. The summed E-state index contributed by atoms with van der Waals surface area (Å²) < 4.78 is 44.5. The van der Waals surface area contributed by atoms with Crippen LogP contribution in [0.4, 0.5) is 18.9 Å². The van der Waals surface area contributed by atoms with E-state index >= 15 is 0 Å². The summed E-state index contributed by atoms with van der Waals surface area (Å²) in [6, 6.07) is 4.84. The Hall–Kier alpha value is -1.80. The fraction of sp³-hybridized carbons (Fsp3) is 0.417. The van der Waals surface area contributed by atoms with E-state index in [4.69, 9.17) is 10.5 Å². The van der Waals surface area contributed by atoms with E-state index in [9.17, 15) is 18.0 Å². The summed E-state index contributed by atoms with van der Waals surface area (Å²) >= 11 is 0. The van der Waals surface area contributed by atoms with E-state index in [-0.39, 0.29) is 24.6 Å². The van der Waals surface area contributed by atoms with Crippen molar-refractivity contribution < 1.29 is 27.4 Å². The van der Waals surface area contributed by atoms with Crippen LogP contribution in [0.3, 0.4) is 0 Å². The summed E-state index contributed by atoms with van der Waals surface area (Å²) in [6.45, 7) is 0.197. The van der Waals surface area contributed by atoms with Gasteiger partial charge in [0.15, 0.2) is 0 Å². The van der Waals surface area contributed by atoms with Crippen LogP contribution in [0.2, 0.25) is 0 Å². The molecular weight excluding hydrogens is 277 g/mol. The molecule has 0 spiro atoms. The number of rotatable bonds is 6. The van der Waals surface area contributed by atoms with Gasteiger partial charge in [0.05, 0.1) is 12.5 Å². The number of benzene rings is 1. The van der Waals surface area contributed by atoms with Crippen molar-refractivity contribution in [3.63, 3.8) is 0 Å². The van der Waals surface area contributed by atoms with Crippen molar-refractivity contribution in [2.75, 3.05) is 19.0 Å². The van der Waals surface area contributed by atoms with Gasteiger partial charge in [-0.25, -0.2) is 0 Å². The van der Waals surface area contributed by atoms with Gasteiger partial charge < -0.3 is 20.5 Å². The number of hydrogen-bond acceptors (Lipinski definition) is 4. The van der Waals surface area contributed by atoms with Crippen LogP contribution < -0.4 is 15.8 Å². The molecule has 1 amide bonds. The van der Waals surface area contributed by atoms with Crippen LogP contribution in [-0.4, -0.2) is 32.0 Å². The Morgan fingerprint density at radius 3 is 2.40 bits per heavy atom. The molecule has 0 aliphatic heterocycles. The van der Waals surface area contributed by atoms with Gasteiger partial charge in [0.1, 0.15) is 5.75 Å². The van der Waals surface area contributed by atoms with Gasteiger partial charge >= 0.3 is 6.36 Å². The highest BCUT2D eigenvalue weighted by Gasteiger charge is 2.30. The number of carbonyl (C=O) groups is 1. The van der Waals surface area contributed by atoms with Crippen molar-refractivity contribution in [3.05, 3.63) is 24.3 Å². The molecule has 3 N–H and O–H groups in total. The fourth-order valence-electron chi connectivity index (χ4n) is 1.42. The molecule has 5 nitrogen and oxygen atoms in total. The van der Waals surface area contributed by atoms with Gasteiger partial charge in [-0.15, -0.1) is 13.2 Å². The molecule has 0 aromatic heterocycles. The molecule has 1 unspecified atom stereocenters. The molecule has 0 saturated heterocycles. The molecule has 0 aliphatic rings.